The Morgan fingerprint density at radius 2 is 1.82 bits per heavy atom. The number of amides is 1. The van der Waals surface area contributed by atoms with Crippen molar-refractivity contribution in [1.82, 2.24) is 15.3 Å². The Morgan fingerprint density at radius 3 is 2.62 bits per heavy atom. The van der Waals surface area contributed by atoms with Crippen LogP contribution in [0.15, 0.2) is 83.9 Å². The average molecular weight is 489 g/mol. The van der Waals surface area contributed by atoms with Crippen LogP contribution in [0.2, 0.25) is 0 Å². The molecule has 0 aliphatic heterocycles. The molecule has 3 aromatic carbocycles. The lowest BCUT2D eigenvalue weighted by Crippen LogP contribution is -2.21. The fourth-order valence-electron chi connectivity index (χ4n) is 3.58. The van der Waals surface area contributed by atoms with E-state index in [0.29, 0.717) is 28.6 Å². The van der Waals surface area contributed by atoms with Crippen molar-refractivity contribution in [2.75, 3.05) is 11.6 Å². The monoisotopic (exact) mass is 488 g/mol. The molecule has 0 radical (unpaired) electrons. The van der Waals surface area contributed by atoms with Crippen molar-refractivity contribution in [3.63, 3.8) is 0 Å². The highest BCUT2D eigenvalue weighted by Crippen LogP contribution is 2.32. The fourth-order valence-corrected chi connectivity index (χ4v) is 5.23. The second kappa shape index (κ2) is 8.85. The zero-order valence-electron chi connectivity index (χ0n) is 18.1. The number of benzene rings is 3. The average Bonchev–Trinajstić information content (AvgIpc) is 3.28. The van der Waals surface area contributed by atoms with Gasteiger partial charge in [0.05, 0.1) is 15.3 Å². The lowest BCUT2D eigenvalue weighted by Gasteiger charge is -2.07. The summed E-state index contributed by atoms with van der Waals surface area (Å²) in [5.41, 5.74) is 2.32. The lowest BCUT2D eigenvalue weighted by molar-refractivity contribution is 0.0955. The zero-order chi connectivity index (χ0) is 23.7. The maximum Gasteiger partial charge on any atom is 0.261 e. The first-order valence-corrected chi connectivity index (χ1v) is 13.2. The van der Waals surface area contributed by atoms with E-state index in [-0.39, 0.29) is 10.8 Å². The van der Waals surface area contributed by atoms with Gasteiger partial charge in [-0.3, -0.25) is 4.79 Å². The van der Waals surface area contributed by atoms with E-state index in [2.05, 4.69) is 20.6 Å². The largest absolute Gasteiger partial charge is 0.347 e. The van der Waals surface area contributed by atoms with E-state index in [0.717, 1.165) is 21.0 Å². The number of hydrogen-bond donors (Lipinski definition) is 2. The molecular weight excluding hydrogens is 468 g/mol. The first-order valence-electron chi connectivity index (χ1n) is 10.5. The Kier molecular flexibility index (Phi) is 5.72. The maximum atomic E-state index is 12.7. The highest BCUT2D eigenvalue weighted by Gasteiger charge is 2.14. The lowest BCUT2D eigenvalue weighted by atomic mass is 10.1. The molecule has 0 unspecified atom stereocenters. The molecule has 0 saturated heterocycles. The van der Waals surface area contributed by atoms with Gasteiger partial charge in [-0.2, -0.15) is 0 Å². The fraction of sp³-hybridized carbons (Fsp3) is 0.0800. The number of sulfone groups is 1. The van der Waals surface area contributed by atoms with Crippen molar-refractivity contribution in [2.24, 2.45) is 0 Å². The summed E-state index contributed by atoms with van der Waals surface area (Å²) in [6, 6.07) is 22.0. The highest BCUT2D eigenvalue weighted by molar-refractivity contribution is 7.90. The quantitative estimate of drug-likeness (QED) is 0.352. The molecule has 0 aliphatic rings. The van der Waals surface area contributed by atoms with Crippen LogP contribution in [-0.4, -0.2) is 30.5 Å². The van der Waals surface area contributed by atoms with E-state index in [9.17, 15) is 13.2 Å². The predicted octanol–water partition coefficient (Wildman–Crippen LogP) is 4.92. The van der Waals surface area contributed by atoms with Gasteiger partial charge in [-0.1, -0.05) is 36.4 Å². The van der Waals surface area contributed by atoms with Crippen LogP contribution in [-0.2, 0) is 16.4 Å². The summed E-state index contributed by atoms with van der Waals surface area (Å²) in [4.78, 5) is 22.6. The molecule has 2 N–H and O–H groups in total. The van der Waals surface area contributed by atoms with Crippen molar-refractivity contribution >= 4 is 59.7 Å². The summed E-state index contributed by atoms with van der Waals surface area (Å²) in [6.07, 6.45) is 2.87. The van der Waals surface area contributed by atoms with Gasteiger partial charge < -0.3 is 10.6 Å². The molecule has 5 rings (SSSR count). The molecule has 0 fully saturated rings. The van der Waals surface area contributed by atoms with Gasteiger partial charge in [0, 0.05) is 40.2 Å². The van der Waals surface area contributed by atoms with Crippen molar-refractivity contribution in [3.8, 4) is 0 Å². The van der Waals surface area contributed by atoms with Gasteiger partial charge in [0.15, 0.2) is 9.84 Å². The van der Waals surface area contributed by atoms with Crippen LogP contribution in [0.5, 0.6) is 0 Å². The van der Waals surface area contributed by atoms with Gasteiger partial charge in [0.25, 0.3) is 5.91 Å². The number of aromatic nitrogens is 2. The predicted molar refractivity (Wildman–Crippen MR) is 135 cm³/mol. The van der Waals surface area contributed by atoms with Crippen LogP contribution in [0.1, 0.15) is 15.2 Å². The van der Waals surface area contributed by atoms with Crippen molar-refractivity contribution in [1.29, 1.82) is 0 Å². The normalized spacial score (nSPS) is 11.6. The Labute approximate surface area is 200 Å². The summed E-state index contributed by atoms with van der Waals surface area (Å²) in [6.45, 7) is 0.456. The van der Waals surface area contributed by atoms with Gasteiger partial charge >= 0.3 is 0 Å². The van der Waals surface area contributed by atoms with Gasteiger partial charge in [0.2, 0.25) is 5.95 Å². The number of nitrogens with one attached hydrogen (secondary N) is 2. The van der Waals surface area contributed by atoms with Crippen LogP contribution in [0.3, 0.4) is 0 Å². The van der Waals surface area contributed by atoms with E-state index in [4.69, 9.17) is 0 Å². The van der Waals surface area contributed by atoms with Gasteiger partial charge in [-0.15, -0.1) is 11.3 Å². The number of thiophene rings is 1. The standard InChI is InChI=1S/C25H20N4O3S2/c1-34(31,32)19-9-5-8-18(12-19)28-25-27-15-17-10-11-21-20(23(17)29-25)13-22(33-21)24(30)26-14-16-6-3-2-4-7-16/h2-13,15H,14H2,1H3,(H,26,30)(H,27,28,29). The molecule has 7 nitrogen and oxygen atoms in total. The molecule has 170 valence electrons. The number of carbonyl (C=O) groups excluding carboxylic acids is 1. The Bertz CT molecular complexity index is 1630. The third-order valence-corrected chi connectivity index (χ3v) is 7.49. The van der Waals surface area contributed by atoms with E-state index in [1.54, 1.807) is 30.5 Å². The second-order valence-electron chi connectivity index (χ2n) is 7.81. The molecule has 0 bridgehead atoms. The molecule has 9 heteroatoms. The molecule has 2 heterocycles. The van der Waals surface area contributed by atoms with Crippen LogP contribution in [0.4, 0.5) is 11.6 Å². The molecule has 1 amide bonds. The Hall–Kier alpha value is -3.82. The molecular formula is C25H20N4O3S2. The molecule has 2 aromatic heterocycles. The number of hydrogen-bond acceptors (Lipinski definition) is 7. The minimum absolute atomic E-state index is 0.136. The van der Waals surface area contributed by atoms with Crippen LogP contribution < -0.4 is 10.6 Å². The summed E-state index contributed by atoms with van der Waals surface area (Å²) < 4.78 is 24.7. The number of anilines is 2. The highest BCUT2D eigenvalue weighted by atomic mass is 32.2. The minimum Gasteiger partial charge on any atom is -0.347 e. The Balaban J connectivity index is 1.44. The third-order valence-electron chi connectivity index (χ3n) is 5.29. The number of rotatable bonds is 6. The van der Waals surface area contributed by atoms with E-state index in [1.165, 1.54) is 17.6 Å². The van der Waals surface area contributed by atoms with Crippen molar-refractivity contribution in [2.45, 2.75) is 11.4 Å². The molecule has 34 heavy (non-hydrogen) atoms. The van der Waals surface area contributed by atoms with E-state index >= 15 is 0 Å². The van der Waals surface area contributed by atoms with E-state index in [1.807, 2.05) is 48.5 Å². The van der Waals surface area contributed by atoms with Gasteiger partial charge in [-0.25, -0.2) is 18.4 Å². The number of fused-ring (bicyclic) bond motifs is 3. The summed E-state index contributed by atoms with van der Waals surface area (Å²) >= 11 is 1.41. The SMILES string of the molecule is CS(=O)(=O)c1cccc(Nc2ncc3ccc4sc(C(=O)NCc5ccccc5)cc4c3n2)c1. The summed E-state index contributed by atoms with van der Waals surface area (Å²) in [5, 5.41) is 7.75. The third kappa shape index (κ3) is 4.61. The summed E-state index contributed by atoms with van der Waals surface area (Å²) in [7, 11) is -3.33. The van der Waals surface area contributed by atoms with E-state index < -0.39 is 9.84 Å². The summed E-state index contributed by atoms with van der Waals surface area (Å²) in [5.74, 6) is 0.204. The van der Waals surface area contributed by atoms with Crippen molar-refractivity contribution in [3.05, 3.63) is 89.4 Å². The smallest absolute Gasteiger partial charge is 0.261 e. The molecule has 0 aliphatic carbocycles. The van der Waals surface area contributed by atoms with Crippen LogP contribution in [0.25, 0.3) is 21.0 Å². The first-order chi connectivity index (χ1) is 16.4. The molecule has 0 spiro atoms. The van der Waals surface area contributed by atoms with Gasteiger partial charge in [-0.05, 0) is 42.0 Å². The zero-order valence-corrected chi connectivity index (χ0v) is 19.8. The second-order valence-corrected chi connectivity index (χ2v) is 10.9. The van der Waals surface area contributed by atoms with Crippen molar-refractivity contribution < 1.29 is 13.2 Å². The number of carbonyl (C=O) groups is 1. The topological polar surface area (TPSA) is 101 Å². The molecule has 0 saturated carbocycles. The molecule has 5 aromatic rings. The molecule has 0 atom stereocenters. The Morgan fingerprint density at radius 1 is 1.00 bits per heavy atom. The first kappa shape index (κ1) is 22.0. The van der Waals surface area contributed by atoms with Gasteiger partial charge in [0.1, 0.15) is 0 Å². The van der Waals surface area contributed by atoms with Crippen LogP contribution >= 0.6 is 11.3 Å². The maximum absolute atomic E-state index is 12.7. The number of nitrogens with zero attached hydrogens (tertiary/aromatic N) is 2. The van der Waals surface area contributed by atoms with Crippen LogP contribution in [0, 0.1) is 0 Å². The minimum atomic E-state index is -3.33.